The molecular weight excluding hydrogens is 336 g/mol. The lowest BCUT2D eigenvalue weighted by Gasteiger charge is -2.34. The van der Waals surface area contributed by atoms with Crippen LogP contribution in [0.15, 0.2) is 17.0 Å². The molecule has 23 heavy (non-hydrogen) atoms. The average Bonchev–Trinajstić information content (AvgIpc) is 2.45. The van der Waals surface area contributed by atoms with Crippen LogP contribution < -0.4 is 14.8 Å². The summed E-state index contributed by atoms with van der Waals surface area (Å²) in [7, 11) is -2.08. The fourth-order valence-corrected chi connectivity index (χ4v) is 4.53. The van der Waals surface area contributed by atoms with Crippen molar-refractivity contribution in [2.75, 3.05) is 26.7 Å². The highest BCUT2D eigenvalue weighted by Gasteiger charge is 2.30. The van der Waals surface area contributed by atoms with Crippen LogP contribution in [0, 0.1) is 19.3 Å². The van der Waals surface area contributed by atoms with Gasteiger partial charge in [-0.1, -0.05) is 13.0 Å². The van der Waals surface area contributed by atoms with Crippen molar-refractivity contribution in [3.8, 4) is 5.75 Å². The van der Waals surface area contributed by atoms with Crippen LogP contribution in [0.3, 0.4) is 0 Å². The molecule has 0 aromatic heterocycles. The summed E-state index contributed by atoms with van der Waals surface area (Å²) < 4.78 is 33.5. The first-order valence-corrected chi connectivity index (χ1v) is 9.11. The molecule has 0 bridgehead atoms. The molecule has 2 N–H and O–H groups in total. The third kappa shape index (κ3) is 4.83. The van der Waals surface area contributed by atoms with Gasteiger partial charge in [-0.2, -0.15) is 0 Å². The van der Waals surface area contributed by atoms with Crippen LogP contribution >= 0.6 is 12.4 Å². The van der Waals surface area contributed by atoms with Gasteiger partial charge in [-0.25, -0.2) is 13.1 Å². The van der Waals surface area contributed by atoms with Crippen LogP contribution in [0.1, 0.15) is 30.9 Å². The zero-order chi connectivity index (χ0) is 16.4. The third-order valence-corrected chi connectivity index (χ3v) is 5.96. The van der Waals surface area contributed by atoms with E-state index < -0.39 is 10.0 Å². The summed E-state index contributed by atoms with van der Waals surface area (Å²) in [6.07, 6.45) is 1.94. The standard InChI is InChI=1S/C16H26N2O3S.ClH/c1-12-9-13(2)15(14(10-12)21-4)22(19,20)18-11-16(3)5-7-17-8-6-16;/h9-10,17-18H,5-8,11H2,1-4H3;1H. The van der Waals surface area contributed by atoms with Crippen molar-refractivity contribution in [3.63, 3.8) is 0 Å². The fourth-order valence-electron chi connectivity index (χ4n) is 2.96. The van der Waals surface area contributed by atoms with Crippen molar-refractivity contribution in [2.24, 2.45) is 5.41 Å². The molecule has 0 spiro atoms. The first-order chi connectivity index (χ1) is 10.3. The Morgan fingerprint density at radius 2 is 1.87 bits per heavy atom. The summed E-state index contributed by atoms with van der Waals surface area (Å²) in [5, 5.41) is 3.31. The molecule has 1 heterocycles. The second-order valence-electron chi connectivity index (χ2n) is 6.50. The van der Waals surface area contributed by atoms with Crippen LogP contribution in [0.2, 0.25) is 0 Å². The molecule has 1 aromatic carbocycles. The predicted octanol–water partition coefficient (Wildman–Crippen LogP) is 2.40. The van der Waals surface area contributed by atoms with Gasteiger partial charge < -0.3 is 10.1 Å². The molecule has 0 atom stereocenters. The maximum atomic E-state index is 12.7. The van der Waals surface area contributed by atoms with Crippen LogP contribution in [-0.4, -0.2) is 35.2 Å². The van der Waals surface area contributed by atoms with Crippen molar-refractivity contribution in [1.82, 2.24) is 10.0 Å². The largest absolute Gasteiger partial charge is 0.495 e. The molecule has 132 valence electrons. The van der Waals surface area contributed by atoms with Gasteiger partial charge in [-0.05, 0) is 62.4 Å². The number of piperidine rings is 1. The number of rotatable bonds is 5. The van der Waals surface area contributed by atoms with Crippen molar-refractivity contribution in [1.29, 1.82) is 0 Å². The lowest BCUT2D eigenvalue weighted by Crippen LogP contribution is -2.43. The van der Waals surface area contributed by atoms with E-state index in [-0.39, 0.29) is 22.7 Å². The summed E-state index contributed by atoms with van der Waals surface area (Å²) in [4.78, 5) is 0.248. The van der Waals surface area contributed by atoms with Crippen LogP contribution in [0.25, 0.3) is 0 Å². The minimum Gasteiger partial charge on any atom is -0.495 e. The zero-order valence-corrected chi connectivity index (χ0v) is 15.9. The molecule has 1 aliphatic rings. The van der Waals surface area contributed by atoms with Crippen LogP contribution in [0.4, 0.5) is 0 Å². The van der Waals surface area contributed by atoms with Gasteiger partial charge in [0.05, 0.1) is 7.11 Å². The molecule has 0 unspecified atom stereocenters. The highest BCUT2D eigenvalue weighted by Crippen LogP contribution is 2.31. The molecule has 1 aliphatic heterocycles. The van der Waals surface area contributed by atoms with Gasteiger partial charge in [0.15, 0.2) is 0 Å². The highest BCUT2D eigenvalue weighted by atomic mass is 35.5. The van der Waals surface area contributed by atoms with Crippen LogP contribution in [-0.2, 0) is 10.0 Å². The molecule has 0 aliphatic carbocycles. The Bertz CT molecular complexity index is 641. The maximum Gasteiger partial charge on any atom is 0.244 e. The van der Waals surface area contributed by atoms with Crippen molar-refractivity contribution in [3.05, 3.63) is 23.3 Å². The van der Waals surface area contributed by atoms with E-state index in [0.717, 1.165) is 31.5 Å². The maximum absolute atomic E-state index is 12.7. The summed E-state index contributed by atoms with van der Waals surface area (Å²) in [6.45, 7) is 8.19. The van der Waals surface area contributed by atoms with E-state index in [1.807, 2.05) is 13.0 Å². The Morgan fingerprint density at radius 1 is 1.26 bits per heavy atom. The van der Waals surface area contributed by atoms with E-state index in [0.29, 0.717) is 17.9 Å². The Kier molecular flexibility index (Phi) is 6.89. The molecule has 7 heteroatoms. The van der Waals surface area contributed by atoms with Gasteiger partial charge in [0.2, 0.25) is 10.0 Å². The predicted molar refractivity (Wildman–Crippen MR) is 95.1 cm³/mol. The van der Waals surface area contributed by atoms with Crippen molar-refractivity contribution < 1.29 is 13.2 Å². The molecule has 1 saturated heterocycles. The summed E-state index contributed by atoms with van der Waals surface area (Å²) in [5.41, 5.74) is 1.70. The SMILES string of the molecule is COc1cc(C)cc(C)c1S(=O)(=O)NCC1(C)CCNCC1.Cl. The number of aryl methyl sites for hydroxylation is 2. The number of ether oxygens (including phenoxy) is 1. The molecule has 2 rings (SSSR count). The third-order valence-electron chi connectivity index (χ3n) is 4.37. The van der Waals surface area contributed by atoms with E-state index >= 15 is 0 Å². The minimum absolute atomic E-state index is 0. The van der Waals surface area contributed by atoms with Crippen molar-refractivity contribution in [2.45, 2.75) is 38.5 Å². The van der Waals surface area contributed by atoms with Gasteiger partial charge in [0.25, 0.3) is 0 Å². The fraction of sp³-hybridized carbons (Fsp3) is 0.625. The lowest BCUT2D eigenvalue weighted by atomic mass is 9.81. The number of sulfonamides is 1. The molecule has 0 radical (unpaired) electrons. The summed E-state index contributed by atoms with van der Waals surface area (Å²) in [5.74, 6) is 0.403. The number of methoxy groups -OCH3 is 1. The lowest BCUT2D eigenvalue weighted by molar-refractivity contribution is 0.232. The smallest absolute Gasteiger partial charge is 0.244 e. The van der Waals surface area contributed by atoms with Gasteiger partial charge in [-0.15, -0.1) is 12.4 Å². The highest BCUT2D eigenvalue weighted by molar-refractivity contribution is 7.89. The molecule has 1 aromatic rings. The second kappa shape index (κ2) is 7.83. The number of halogens is 1. The summed E-state index contributed by atoms with van der Waals surface area (Å²) >= 11 is 0. The Balaban J connectivity index is 0.00000264. The molecule has 0 saturated carbocycles. The number of hydrogen-bond donors (Lipinski definition) is 2. The molecule has 0 amide bonds. The van der Waals surface area contributed by atoms with E-state index in [1.165, 1.54) is 7.11 Å². The molecular formula is C16H27ClN2O3S. The van der Waals surface area contributed by atoms with Gasteiger partial charge >= 0.3 is 0 Å². The first-order valence-electron chi connectivity index (χ1n) is 7.63. The molecule has 5 nitrogen and oxygen atoms in total. The second-order valence-corrected chi connectivity index (χ2v) is 8.20. The van der Waals surface area contributed by atoms with Crippen LogP contribution in [0.5, 0.6) is 5.75 Å². The number of hydrogen-bond acceptors (Lipinski definition) is 4. The average molecular weight is 363 g/mol. The monoisotopic (exact) mass is 362 g/mol. The molecule has 1 fully saturated rings. The van der Waals surface area contributed by atoms with Gasteiger partial charge in [0.1, 0.15) is 10.6 Å². The van der Waals surface area contributed by atoms with E-state index in [4.69, 9.17) is 4.74 Å². The number of nitrogens with one attached hydrogen (secondary N) is 2. The first kappa shape index (κ1) is 20.2. The Hall–Kier alpha value is -0.820. The number of benzene rings is 1. The Labute approximate surface area is 145 Å². The normalized spacial score (nSPS) is 17.4. The van der Waals surface area contributed by atoms with Gasteiger partial charge in [0, 0.05) is 6.54 Å². The topological polar surface area (TPSA) is 67.4 Å². The quantitative estimate of drug-likeness (QED) is 0.844. The minimum atomic E-state index is -3.58. The summed E-state index contributed by atoms with van der Waals surface area (Å²) in [6, 6.07) is 3.62. The zero-order valence-electron chi connectivity index (χ0n) is 14.2. The van der Waals surface area contributed by atoms with E-state index in [1.54, 1.807) is 13.0 Å². The Morgan fingerprint density at radius 3 is 2.43 bits per heavy atom. The van der Waals surface area contributed by atoms with E-state index in [9.17, 15) is 8.42 Å². The van der Waals surface area contributed by atoms with Gasteiger partial charge in [-0.3, -0.25) is 0 Å². The van der Waals surface area contributed by atoms with E-state index in [2.05, 4.69) is 17.0 Å². The van der Waals surface area contributed by atoms with Crippen molar-refractivity contribution >= 4 is 22.4 Å².